The highest BCUT2D eigenvalue weighted by atomic mass is 16.2. The summed E-state index contributed by atoms with van der Waals surface area (Å²) < 4.78 is 0. The molecule has 3 heteroatoms. The first-order valence-corrected chi connectivity index (χ1v) is 7.80. The molecular weight excluding hydrogens is 248 g/mol. The van der Waals surface area contributed by atoms with Crippen molar-refractivity contribution in [3.8, 4) is 0 Å². The van der Waals surface area contributed by atoms with Crippen molar-refractivity contribution in [1.82, 2.24) is 4.90 Å². The Morgan fingerprint density at radius 1 is 1.05 bits per heavy atom. The molecule has 0 saturated heterocycles. The van der Waals surface area contributed by atoms with Crippen LogP contribution < -0.4 is 0 Å². The van der Waals surface area contributed by atoms with Gasteiger partial charge in [-0.3, -0.25) is 9.79 Å². The van der Waals surface area contributed by atoms with Crippen molar-refractivity contribution in [1.29, 1.82) is 0 Å². The smallest absolute Gasteiger partial charge is 0.271 e. The zero-order valence-corrected chi connectivity index (χ0v) is 15.8. The molecule has 0 spiro atoms. The highest BCUT2D eigenvalue weighted by molar-refractivity contribution is 6.43. The van der Waals surface area contributed by atoms with Gasteiger partial charge in [-0.05, 0) is 19.4 Å². The highest BCUT2D eigenvalue weighted by Gasteiger charge is 2.09. The SMILES string of the molecule is CC.CC.CC/C(C)=C/C(=NC)C(=O)N(C)C.CCC. The van der Waals surface area contributed by atoms with E-state index in [1.807, 2.05) is 40.7 Å². The first-order chi connectivity index (χ1) is 9.44. The molecule has 0 N–H and O–H groups in total. The van der Waals surface area contributed by atoms with Crippen molar-refractivity contribution in [2.75, 3.05) is 21.1 Å². The van der Waals surface area contributed by atoms with Crippen LogP contribution in [0.3, 0.4) is 0 Å². The maximum atomic E-state index is 11.5. The second-order valence-electron chi connectivity index (χ2n) is 3.86. The van der Waals surface area contributed by atoms with E-state index >= 15 is 0 Å². The lowest BCUT2D eigenvalue weighted by molar-refractivity contribution is -0.121. The number of allylic oxidation sites excluding steroid dienone is 1. The van der Waals surface area contributed by atoms with Gasteiger partial charge in [0.15, 0.2) is 0 Å². The molecule has 0 fully saturated rings. The quantitative estimate of drug-likeness (QED) is 0.674. The van der Waals surface area contributed by atoms with E-state index in [4.69, 9.17) is 0 Å². The average molecular weight is 287 g/mol. The molecule has 0 saturated carbocycles. The number of hydrogen-bond acceptors (Lipinski definition) is 2. The van der Waals surface area contributed by atoms with Gasteiger partial charge in [0.2, 0.25) is 0 Å². The van der Waals surface area contributed by atoms with Crippen molar-refractivity contribution in [2.45, 2.75) is 68.2 Å². The van der Waals surface area contributed by atoms with E-state index in [1.165, 1.54) is 11.3 Å². The Morgan fingerprint density at radius 2 is 1.40 bits per heavy atom. The Kier molecular flexibility index (Phi) is 31.4. The lowest BCUT2D eigenvalue weighted by Crippen LogP contribution is -2.28. The summed E-state index contributed by atoms with van der Waals surface area (Å²) in [4.78, 5) is 17.0. The Morgan fingerprint density at radius 3 is 1.60 bits per heavy atom. The maximum Gasteiger partial charge on any atom is 0.271 e. The minimum atomic E-state index is -0.0460. The lowest BCUT2D eigenvalue weighted by Gasteiger charge is -2.09. The van der Waals surface area contributed by atoms with E-state index in [1.54, 1.807) is 21.1 Å². The molecule has 1 amide bonds. The predicted octanol–water partition coefficient (Wildman–Crippen LogP) is 4.97. The fourth-order valence-corrected chi connectivity index (χ4v) is 0.786. The summed E-state index contributed by atoms with van der Waals surface area (Å²) in [6.45, 7) is 16.3. The summed E-state index contributed by atoms with van der Waals surface area (Å²) in [6.07, 6.45) is 4.03. The van der Waals surface area contributed by atoms with Crippen LogP contribution in [-0.2, 0) is 4.79 Å². The number of aliphatic imine (C=N–C) groups is 1. The summed E-state index contributed by atoms with van der Waals surface area (Å²) in [5.41, 5.74) is 1.68. The van der Waals surface area contributed by atoms with Gasteiger partial charge in [-0.2, -0.15) is 0 Å². The second-order valence-corrected chi connectivity index (χ2v) is 3.86. The molecular formula is C17H38N2O. The fourth-order valence-electron chi connectivity index (χ4n) is 0.786. The molecule has 20 heavy (non-hydrogen) atoms. The minimum Gasteiger partial charge on any atom is -0.343 e. The summed E-state index contributed by atoms with van der Waals surface area (Å²) in [5, 5.41) is 0. The van der Waals surface area contributed by atoms with Gasteiger partial charge in [0.05, 0.1) is 0 Å². The van der Waals surface area contributed by atoms with Crippen molar-refractivity contribution < 1.29 is 4.79 Å². The molecule has 0 aliphatic heterocycles. The normalized spacial score (nSPS) is 9.95. The first-order valence-electron chi connectivity index (χ1n) is 7.80. The Labute approximate surface area is 128 Å². The Bertz CT molecular complexity index is 254. The lowest BCUT2D eigenvalue weighted by atomic mass is 10.1. The van der Waals surface area contributed by atoms with Crippen molar-refractivity contribution >= 4 is 11.6 Å². The van der Waals surface area contributed by atoms with E-state index in [0.717, 1.165) is 12.0 Å². The second kappa shape index (κ2) is 23.0. The maximum absolute atomic E-state index is 11.5. The highest BCUT2D eigenvalue weighted by Crippen LogP contribution is 2.00. The molecule has 0 aliphatic carbocycles. The van der Waals surface area contributed by atoms with Crippen LogP contribution >= 0.6 is 0 Å². The number of rotatable bonds is 3. The van der Waals surface area contributed by atoms with Crippen LogP contribution in [0.1, 0.15) is 68.2 Å². The fraction of sp³-hybridized carbons (Fsp3) is 0.765. The third-order valence-corrected chi connectivity index (χ3v) is 1.81. The first kappa shape index (κ1) is 27.3. The number of carbonyl (C=O) groups excluding carboxylic acids is 1. The summed E-state index contributed by atoms with van der Waals surface area (Å²) in [7, 11) is 5.08. The van der Waals surface area contributed by atoms with E-state index in [0.29, 0.717) is 5.71 Å². The molecule has 0 aliphatic rings. The summed E-state index contributed by atoms with van der Waals surface area (Å²) in [6, 6.07) is 0. The molecule has 0 rings (SSSR count). The standard InChI is InChI=1S/C10H18N2O.C3H8.2C2H6/c1-6-8(2)7-9(11-3)10(13)12(4)5;1-3-2;2*1-2/h7H,6H2,1-5H3;3H2,1-2H3;2*1-2H3/b8-7+,11-9?;;;. The largest absolute Gasteiger partial charge is 0.343 e. The number of hydrogen-bond donors (Lipinski definition) is 0. The molecule has 0 aromatic heterocycles. The van der Waals surface area contributed by atoms with Gasteiger partial charge in [0.25, 0.3) is 5.91 Å². The number of carbonyl (C=O) groups is 1. The molecule has 0 radical (unpaired) electrons. The van der Waals surface area contributed by atoms with Crippen molar-refractivity contribution in [3.05, 3.63) is 11.6 Å². The molecule has 122 valence electrons. The van der Waals surface area contributed by atoms with Gasteiger partial charge in [0.1, 0.15) is 5.71 Å². The van der Waals surface area contributed by atoms with Crippen molar-refractivity contribution in [2.24, 2.45) is 4.99 Å². The predicted molar refractivity (Wildman–Crippen MR) is 94.8 cm³/mol. The molecule has 0 bridgehead atoms. The van der Waals surface area contributed by atoms with Crippen molar-refractivity contribution in [3.63, 3.8) is 0 Å². The Hall–Kier alpha value is -1.12. The number of nitrogens with zero attached hydrogens (tertiary/aromatic N) is 2. The van der Waals surface area contributed by atoms with Gasteiger partial charge in [0, 0.05) is 21.1 Å². The van der Waals surface area contributed by atoms with E-state index in [2.05, 4.69) is 25.8 Å². The molecule has 0 heterocycles. The molecule has 0 atom stereocenters. The Balaban J connectivity index is -0.000000155. The van der Waals surface area contributed by atoms with Gasteiger partial charge in [-0.1, -0.05) is 60.5 Å². The van der Waals surface area contributed by atoms with Crippen LogP contribution in [-0.4, -0.2) is 37.7 Å². The van der Waals surface area contributed by atoms with Gasteiger partial charge in [-0.15, -0.1) is 0 Å². The number of amides is 1. The van der Waals surface area contributed by atoms with Crippen LogP contribution in [0.25, 0.3) is 0 Å². The molecule has 0 aromatic carbocycles. The molecule has 0 unspecified atom stereocenters. The topological polar surface area (TPSA) is 32.7 Å². The van der Waals surface area contributed by atoms with E-state index < -0.39 is 0 Å². The zero-order valence-electron chi connectivity index (χ0n) is 15.8. The average Bonchev–Trinajstić information content (AvgIpc) is 2.48. The zero-order chi connectivity index (χ0) is 17.1. The van der Waals surface area contributed by atoms with Crippen LogP contribution in [0.2, 0.25) is 0 Å². The van der Waals surface area contributed by atoms with Gasteiger partial charge in [-0.25, -0.2) is 0 Å². The van der Waals surface area contributed by atoms with Crippen LogP contribution in [0, 0.1) is 0 Å². The molecule has 0 aromatic rings. The van der Waals surface area contributed by atoms with E-state index in [9.17, 15) is 4.79 Å². The third kappa shape index (κ3) is 19.2. The summed E-state index contributed by atoms with van der Waals surface area (Å²) >= 11 is 0. The minimum absolute atomic E-state index is 0.0460. The van der Waals surface area contributed by atoms with Crippen LogP contribution in [0.4, 0.5) is 0 Å². The van der Waals surface area contributed by atoms with Crippen LogP contribution in [0.15, 0.2) is 16.6 Å². The van der Waals surface area contributed by atoms with Gasteiger partial charge >= 0.3 is 0 Å². The van der Waals surface area contributed by atoms with Gasteiger partial charge < -0.3 is 4.90 Å². The molecule has 3 nitrogen and oxygen atoms in total. The van der Waals surface area contributed by atoms with E-state index in [-0.39, 0.29) is 5.91 Å². The monoisotopic (exact) mass is 286 g/mol. The third-order valence-electron chi connectivity index (χ3n) is 1.81. The van der Waals surface area contributed by atoms with Crippen LogP contribution in [0.5, 0.6) is 0 Å². The summed E-state index contributed by atoms with van der Waals surface area (Å²) in [5.74, 6) is -0.0460.